The second-order valence-corrected chi connectivity index (χ2v) is 5.63. The van der Waals surface area contributed by atoms with E-state index < -0.39 is 0 Å². The van der Waals surface area contributed by atoms with Gasteiger partial charge in [0.25, 0.3) is 0 Å². The Bertz CT molecular complexity index is 368. The van der Waals surface area contributed by atoms with Gasteiger partial charge in [0.05, 0.1) is 0 Å². The minimum atomic E-state index is 0.507. The predicted octanol–water partition coefficient (Wildman–Crippen LogP) is 5.56. The molecule has 0 aromatic heterocycles. The number of rotatable bonds is 9. The Labute approximate surface area is 119 Å². The quantitative estimate of drug-likeness (QED) is 0.578. The molecule has 0 amide bonds. The van der Waals surface area contributed by atoms with E-state index in [1.807, 2.05) is 6.07 Å². The molecule has 1 heteroatoms. The van der Waals surface area contributed by atoms with Crippen LogP contribution in [-0.2, 0) is 12.8 Å². The van der Waals surface area contributed by atoms with E-state index in [1.165, 1.54) is 61.6 Å². The summed E-state index contributed by atoms with van der Waals surface area (Å²) < 4.78 is 0. The smallest absolute Gasteiger partial charge is 0.119 e. The molecule has 0 saturated heterocycles. The van der Waals surface area contributed by atoms with Crippen molar-refractivity contribution < 1.29 is 5.11 Å². The zero-order chi connectivity index (χ0) is 14.1. The van der Waals surface area contributed by atoms with Gasteiger partial charge in [-0.3, -0.25) is 0 Å². The van der Waals surface area contributed by atoms with Gasteiger partial charge in [-0.2, -0.15) is 0 Å². The van der Waals surface area contributed by atoms with Gasteiger partial charge in [-0.05, 0) is 55.4 Å². The summed E-state index contributed by atoms with van der Waals surface area (Å²) in [5.41, 5.74) is 3.96. The summed E-state index contributed by atoms with van der Waals surface area (Å²) in [5, 5.41) is 10.1. The number of phenolic OH excluding ortho intramolecular Hbond substituents is 1. The third-order valence-electron chi connectivity index (χ3n) is 3.95. The van der Waals surface area contributed by atoms with E-state index in [4.69, 9.17) is 0 Å². The SMILES string of the molecule is CCCCCCCc1c(O)ccc(C)c1CCCC. The lowest BCUT2D eigenvalue weighted by atomic mass is 9.92. The zero-order valence-electron chi connectivity index (χ0n) is 13.0. The largest absolute Gasteiger partial charge is 0.508 e. The van der Waals surface area contributed by atoms with Crippen LogP contribution in [0.2, 0.25) is 0 Å². The number of hydrogen-bond donors (Lipinski definition) is 1. The van der Waals surface area contributed by atoms with Crippen LogP contribution in [0.5, 0.6) is 5.75 Å². The number of phenols is 1. The first-order valence-corrected chi connectivity index (χ1v) is 8.01. The van der Waals surface area contributed by atoms with Crippen LogP contribution >= 0.6 is 0 Å². The average Bonchev–Trinajstić information content (AvgIpc) is 2.41. The van der Waals surface area contributed by atoms with Crippen LogP contribution < -0.4 is 0 Å². The second-order valence-electron chi connectivity index (χ2n) is 5.63. The number of hydrogen-bond acceptors (Lipinski definition) is 1. The summed E-state index contributed by atoms with van der Waals surface area (Å²) in [6.07, 6.45) is 11.0. The maximum Gasteiger partial charge on any atom is 0.119 e. The maximum atomic E-state index is 10.1. The highest BCUT2D eigenvalue weighted by atomic mass is 16.3. The highest BCUT2D eigenvalue weighted by molar-refractivity contribution is 5.44. The number of aromatic hydroxyl groups is 1. The maximum absolute atomic E-state index is 10.1. The monoisotopic (exact) mass is 262 g/mol. The van der Waals surface area contributed by atoms with Crippen molar-refractivity contribution in [1.82, 2.24) is 0 Å². The van der Waals surface area contributed by atoms with Gasteiger partial charge in [-0.1, -0.05) is 52.0 Å². The molecule has 0 aliphatic carbocycles. The fraction of sp³-hybridized carbons (Fsp3) is 0.667. The van der Waals surface area contributed by atoms with Crippen molar-refractivity contribution in [3.8, 4) is 5.75 Å². The molecular weight excluding hydrogens is 232 g/mol. The Balaban J connectivity index is 2.65. The van der Waals surface area contributed by atoms with Crippen LogP contribution in [0.1, 0.15) is 75.5 Å². The van der Waals surface area contributed by atoms with Gasteiger partial charge in [0, 0.05) is 0 Å². The van der Waals surface area contributed by atoms with E-state index in [2.05, 4.69) is 26.8 Å². The molecule has 108 valence electrons. The summed E-state index contributed by atoms with van der Waals surface area (Å²) in [6.45, 7) is 6.64. The lowest BCUT2D eigenvalue weighted by Gasteiger charge is -2.14. The first kappa shape index (κ1) is 16.1. The summed E-state index contributed by atoms with van der Waals surface area (Å²) in [7, 11) is 0. The molecule has 19 heavy (non-hydrogen) atoms. The van der Waals surface area contributed by atoms with E-state index in [-0.39, 0.29) is 0 Å². The van der Waals surface area contributed by atoms with Crippen molar-refractivity contribution in [3.05, 3.63) is 28.8 Å². The van der Waals surface area contributed by atoms with Crippen molar-refractivity contribution in [2.45, 2.75) is 78.6 Å². The summed E-state index contributed by atoms with van der Waals surface area (Å²) in [5.74, 6) is 0.507. The molecule has 1 aromatic carbocycles. The standard InChI is InChI=1S/C18H30O/c1-4-6-8-9-10-12-17-16(11-7-5-2)15(3)13-14-18(17)19/h13-14,19H,4-12H2,1-3H3. The van der Waals surface area contributed by atoms with Crippen molar-refractivity contribution in [1.29, 1.82) is 0 Å². The topological polar surface area (TPSA) is 20.2 Å². The summed E-state index contributed by atoms with van der Waals surface area (Å²) in [6, 6.07) is 3.92. The Hall–Kier alpha value is -0.980. The van der Waals surface area contributed by atoms with E-state index in [0.717, 1.165) is 12.8 Å². The predicted molar refractivity (Wildman–Crippen MR) is 83.9 cm³/mol. The fourth-order valence-electron chi connectivity index (χ4n) is 2.68. The lowest BCUT2D eigenvalue weighted by Crippen LogP contribution is -1.99. The number of unbranched alkanes of at least 4 members (excludes halogenated alkanes) is 5. The minimum absolute atomic E-state index is 0.507. The highest BCUT2D eigenvalue weighted by Gasteiger charge is 2.10. The number of benzene rings is 1. The molecule has 0 atom stereocenters. The Morgan fingerprint density at radius 2 is 1.42 bits per heavy atom. The average molecular weight is 262 g/mol. The van der Waals surface area contributed by atoms with Crippen LogP contribution in [0.25, 0.3) is 0 Å². The van der Waals surface area contributed by atoms with Gasteiger partial charge in [-0.25, -0.2) is 0 Å². The first-order valence-electron chi connectivity index (χ1n) is 8.01. The van der Waals surface area contributed by atoms with Crippen LogP contribution in [0.3, 0.4) is 0 Å². The first-order chi connectivity index (χ1) is 9.20. The van der Waals surface area contributed by atoms with Crippen LogP contribution in [-0.4, -0.2) is 5.11 Å². The van der Waals surface area contributed by atoms with E-state index in [1.54, 1.807) is 0 Å². The fourth-order valence-corrected chi connectivity index (χ4v) is 2.68. The van der Waals surface area contributed by atoms with Crippen molar-refractivity contribution in [3.63, 3.8) is 0 Å². The molecule has 1 rings (SSSR count). The molecule has 0 spiro atoms. The van der Waals surface area contributed by atoms with E-state index in [9.17, 15) is 5.11 Å². The molecule has 0 saturated carbocycles. The van der Waals surface area contributed by atoms with Crippen LogP contribution in [0.15, 0.2) is 12.1 Å². The molecular formula is C18H30O. The van der Waals surface area contributed by atoms with Gasteiger partial charge >= 0.3 is 0 Å². The van der Waals surface area contributed by atoms with Gasteiger partial charge in [0.15, 0.2) is 0 Å². The second kappa shape index (κ2) is 9.01. The number of aryl methyl sites for hydroxylation is 1. The molecule has 0 aliphatic rings. The molecule has 0 aliphatic heterocycles. The zero-order valence-corrected chi connectivity index (χ0v) is 13.0. The van der Waals surface area contributed by atoms with Gasteiger partial charge in [0.2, 0.25) is 0 Å². The van der Waals surface area contributed by atoms with Crippen molar-refractivity contribution in [2.75, 3.05) is 0 Å². The Kier molecular flexibility index (Phi) is 7.62. The molecule has 0 fully saturated rings. The molecule has 0 bridgehead atoms. The molecule has 1 N–H and O–H groups in total. The normalized spacial score (nSPS) is 10.9. The lowest BCUT2D eigenvalue weighted by molar-refractivity contribution is 0.464. The van der Waals surface area contributed by atoms with Gasteiger partial charge in [-0.15, -0.1) is 0 Å². The third kappa shape index (κ3) is 5.26. The summed E-state index contributed by atoms with van der Waals surface area (Å²) in [4.78, 5) is 0. The van der Waals surface area contributed by atoms with Crippen LogP contribution in [0.4, 0.5) is 0 Å². The van der Waals surface area contributed by atoms with Crippen molar-refractivity contribution >= 4 is 0 Å². The molecule has 1 aromatic rings. The minimum Gasteiger partial charge on any atom is -0.508 e. The molecule has 0 heterocycles. The van der Waals surface area contributed by atoms with E-state index in [0.29, 0.717) is 5.75 Å². The molecule has 0 radical (unpaired) electrons. The van der Waals surface area contributed by atoms with Gasteiger partial charge < -0.3 is 5.11 Å². The van der Waals surface area contributed by atoms with Gasteiger partial charge in [0.1, 0.15) is 5.75 Å². The Morgan fingerprint density at radius 1 is 0.789 bits per heavy atom. The van der Waals surface area contributed by atoms with Crippen LogP contribution in [0, 0.1) is 6.92 Å². The third-order valence-corrected chi connectivity index (χ3v) is 3.95. The van der Waals surface area contributed by atoms with Crippen molar-refractivity contribution in [2.24, 2.45) is 0 Å². The highest BCUT2D eigenvalue weighted by Crippen LogP contribution is 2.27. The summed E-state index contributed by atoms with van der Waals surface area (Å²) >= 11 is 0. The van der Waals surface area contributed by atoms with E-state index >= 15 is 0 Å². The molecule has 0 unspecified atom stereocenters. The molecule has 1 nitrogen and oxygen atoms in total. The Morgan fingerprint density at radius 3 is 2.11 bits per heavy atom.